The van der Waals surface area contributed by atoms with E-state index >= 15 is 0 Å². The molecule has 0 aromatic heterocycles. The van der Waals surface area contributed by atoms with Gasteiger partial charge in [-0.05, 0) is 32.8 Å². The lowest BCUT2D eigenvalue weighted by atomic mass is 10.2. The van der Waals surface area contributed by atoms with Crippen LogP contribution in [0, 0.1) is 0 Å². The van der Waals surface area contributed by atoms with Crippen LogP contribution in [-0.4, -0.2) is 5.11 Å². The maximum atomic E-state index is 8.89. The second-order valence-corrected chi connectivity index (χ2v) is 2.14. The van der Waals surface area contributed by atoms with Gasteiger partial charge in [-0.15, -0.1) is 0 Å². The number of hydrogen-bond donors (Lipinski definition) is 1. The van der Waals surface area contributed by atoms with Crippen LogP contribution in [0.3, 0.4) is 0 Å². The Morgan fingerprint density at radius 1 is 1.44 bits per heavy atom. The second kappa shape index (κ2) is 4.19. The van der Waals surface area contributed by atoms with E-state index in [1.807, 2.05) is 26.0 Å². The standard InChI is InChI=1S/C8H14O/c1-4-5-6-7(2)8(3)9/h4-5,9H,6H2,1-3H3/b5-4+,8-7-. The number of aliphatic hydroxyl groups is 1. The first kappa shape index (κ1) is 8.28. The first-order chi connectivity index (χ1) is 4.18. The van der Waals surface area contributed by atoms with E-state index in [2.05, 4.69) is 0 Å². The number of aliphatic hydroxyl groups excluding tert-OH is 1. The summed E-state index contributed by atoms with van der Waals surface area (Å²) in [6, 6.07) is 0. The Kier molecular flexibility index (Phi) is 3.85. The summed E-state index contributed by atoms with van der Waals surface area (Å²) in [6.07, 6.45) is 4.86. The van der Waals surface area contributed by atoms with Gasteiger partial charge in [0.15, 0.2) is 0 Å². The monoisotopic (exact) mass is 126 g/mol. The van der Waals surface area contributed by atoms with Crippen molar-refractivity contribution in [2.24, 2.45) is 0 Å². The summed E-state index contributed by atoms with van der Waals surface area (Å²) in [5.41, 5.74) is 1.04. The molecular weight excluding hydrogens is 112 g/mol. The molecule has 0 bridgehead atoms. The minimum atomic E-state index is 0.438. The molecule has 0 spiro atoms. The quantitative estimate of drug-likeness (QED) is 0.445. The summed E-state index contributed by atoms with van der Waals surface area (Å²) in [5, 5.41) is 8.89. The van der Waals surface area contributed by atoms with Gasteiger partial charge in [0.2, 0.25) is 0 Å². The summed E-state index contributed by atoms with van der Waals surface area (Å²) >= 11 is 0. The second-order valence-electron chi connectivity index (χ2n) is 2.14. The largest absolute Gasteiger partial charge is 0.513 e. The maximum absolute atomic E-state index is 8.89. The first-order valence-electron chi connectivity index (χ1n) is 3.15. The van der Waals surface area contributed by atoms with Gasteiger partial charge in [-0.25, -0.2) is 0 Å². The highest BCUT2D eigenvalue weighted by Crippen LogP contribution is 2.04. The van der Waals surface area contributed by atoms with E-state index in [4.69, 9.17) is 5.11 Å². The van der Waals surface area contributed by atoms with E-state index in [0.29, 0.717) is 5.76 Å². The molecule has 1 heteroatoms. The maximum Gasteiger partial charge on any atom is 0.0884 e. The van der Waals surface area contributed by atoms with Crippen LogP contribution in [0.5, 0.6) is 0 Å². The van der Waals surface area contributed by atoms with Gasteiger partial charge in [0.25, 0.3) is 0 Å². The Morgan fingerprint density at radius 2 is 2.00 bits per heavy atom. The Bertz CT molecular complexity index is 128. The van der Waals surface area contributed by atoms with Crippen molar-refractivity contribution in [2.45, 2.75) is 27.2 Å². The zero-order chi connectivity index (χ0) is 7.28. The third-order valence-corrected chi connectivity index (χ3v) is 1.28. The minimum Gasteiger partial charge on any atom is -0.513 e. The lowest BCUT2D eigenvalue weighted by Gasteiger charge is -1.95. The number of rotatable bonds is 2. The third-order valence-electron chi connectivity index (χ3n) is 1.28. The average Bonchev–Trinajstić information content (AvgIpc) is 1.82. The lowest BCUT2D eigenvalue weighted by molar-refractivity contribution is 0.406. The van der Waals surface area contributed by atoms with E-state index in [0.717, 1.165) is 12.0 Å². The van der Waals surface area contributed by atoms with Crippen LogP contribution in [0.4, 0.5) is 0 Å². The molecule has 1 nitrogen and oxygen atoms in total. The van der Waals surface area contributed by atoms with Crippen molar-refractivity contribution in [3.63, 3.8) is 0 Å². The summed E-state index contributed by atoms with van der Waals surface area (Å²) in [6.45, 7) is 5.61. The minimum absolute atomic E-state index is 0.438. The highest BCUT2D eigenvalue weighted by molar-refractivity contribution is 5.06. The molecule has 0 atom stereocenters. The van der Waals surface area contributed by atoms with Gasteiger partial charge in [0, 0.05) is 0 Å². The normalized spacial score (nSPS) is 14.1. The predicted octanol–water partition coefficient (Wildman–Crippen LogP) is 2.80. The Labute approximate surface area is 56.7 Å². The van der Waals surface area contributed by atoms with Gasteiger partial charge in [0.05, 0.1) is 5.76 Å². The Balaban J connectivity index is 3.77. The molecule has 0 heterocycles. The zero-order valence-electron chi connectivity index (χ0n) is 6.31. The number of hydrogen-bond acceptors (Lipinski definition) is 1. The van der Waals surface area contributed by atoms with Crippen molar-refractivity contribution in [3.8, 4) is 0 Å². The van der Waals surface area contributed by atoms with Gasteiger partial charge in [-0.3, -0.25) is 0 Å². The Morgan fingerprint density at radius 3 is 2.33 bits per heavy atom. The number of allylic oxidation sites excluding steroid dienone is 4. The van der Waals surface area contributed by atoms with Gasteiger partial charge >= 0.3 is 0 Å². The van der Waals surface area contributed by atoms with Gasteiger partial charge < -0.3 is 5.11 Å². The van der Waals surface area contributed by atoms with Gasteiger partial charge in [-0.1, -0.05) is 12.2 Å². The van der Waals surface area contributed by atoms with Crippen LogP contribution in [-0.2, 0) is 0 Å². The van der Waals surface area contributed by atoms with Crippen molar-refractivity contribution in [3.05, 3.63) is 23.5 Å². The highest BCUT2D eigenvalue weighted by atomic mass is 16.3. The molecule has 0 saturated heterocycles. The van der Waals surface area contributed by atoms with E-state index < -0.39 is 0 Å². The van der Waals surface area contributed by atoms with Crippen LogP contribution in [0.15, 0.2) is 23.5 Å². The predicted molar refractivity (Wildman–Crippen MR) is 40.4 cm³/mol. The van der Waals surface area contributed by atoms with Crippen LogP contribution >= 0.6 is 0 Å². The SMILES string of the molecule is C/C=C/C/C(C)=C(/C)O. The summed E-state index contributed by atoms with van der Waals surface area (Å²) in [5.74, 6) is 0.438. The molecule has 0 saturated carbocycles. The van der Waals surface area contributed by atoms with Crippen LogP contribution in [0.25, 0.3) is 0 Å². The van der Waals surface area contributed by atoms with Gasteiger partial charge in [-0.2, -0.15) is 0 Å². The van der Waals surface area contributed by atoms with E-state index in [1.54, 1.807) is 6.92 Å². The van der Waals surface area contributed by atoms with Crippen molar-refractivity contribution in [2.75, 3.05) is 0 Å². The molecule has 0 unspecified atom stereocenters. The molecule has 0 fully saturated rings. The molecule has 0 aliphatic heterocycles. The molecule has 52 valence electrons. The van der Waals surface area contributed by atoms with Crippen molar-refractivity contribution in [1.82, 2.24) is 0 Å². The molecule has 0 aromatic carbocycles. The molecule has 0 aliphatic carbocycles. The fraction of sp³-hybridized carbons (Fsp3) is 0.500. The Hall–Kier alpha value is -0.720. The van der Waals surface area contributed by atoms with Crippen LogP contribution in [0.1, 0.15) is 27.2 Å². The van der Waals surface area contributed by atoms with E-state index in [-0.39, 0.29) is 0 Å². The van der Waals surface area contributed by atoms with Crippen molar-refractivity contribution >= 4 is 0 Å². The third kappa shape index (κ3) is 3.83. The van der Waals surface area contributed by atoms with Crippen LogP contribution < -0.4 is 0 Å². The fourth-order valence-corrected chi connectivity index (χ4v) is 0.442. The molecule has 0 radical (unpaired) electrons. The fourth-order valence-electron chi connectivity index (χ4n) is 0.442. The molecule has 0 aliphatic rings. The molecule has 9 heavy (non-hydrogen) atoms. The highest BCUT2D eigenvalue weighted by Gasteiger charge is 1.88. The smallest absolute Gasteiger partial charge is 0.0884 e. The average molecular weight is 126 g/mol. The molecule has 0 aromatic rings. The lowest BCUT2D eigenvalue weighted by Crippen LogP contribution is -1.79. The summed E-state index contributed by atoms with van der Waals surface area (Å²) in [7, 11) is 0. The summed E-state index contributed by atoms with van der Waals surface area (Å²) in [4.78, 5) is 0. The van der Waals surface area contributed by atoms with Crippen molar-refractivity contribution < 1.29 is 5.11 Å². The summed E-state index contributed by atoms with van der Waals surface area (Å²) < 4.78 is 0. The topological polar surface area (TPSA) is 20.2 Å². The van der Waals surface area contributed by atoms with Gasteiger partial charge in [0.1, 0.15) is 0 Å². The van der Waals surface area contributed by atoms with Crippen molar-refractivity contribution in [1.29, 1.82) is 0 Å². The zero-order valence-corrected chi connectivity index (χ0v) is 6.31. The molecular formula is C8H14O. The molecule has 1 N–H and O–H groups in total. The van der Waals surface area contributed by atoms with E-state index in [9.17, 15) is 0 Å². The van der Waals surface area contributed by atoms with Crippen LogP contribution in [0.2, 0.25) is 0 Å². The van der Waals surface area contributed by atoms with E-state index in [1.165, 1.54) is 0 Å². The molecule has 0 rings (SSSR count). The molecule has 0 amide bonds. The first-order valence-corrected chi connectivity index (χ1v) is 3.15.